The smallest absolute Gasteiger partial charge is 0.271 e. The van der Waals surface area contributed by atoms with Crippen LogP contribution in [-0.2, 0) is 22.5 Å². The van der Waals surface area contributed by atoms with Crippen molar-refractivity contribution in [2.45, 2.75) is 45.1 Å². The van der Waals surface area contributed by atoms with Gasteiger partial charge in [0.25, 0.3) is 5.91 Å². The zero-order chi connectivity index (χ0) is 24.3. The fraction of sp³-hybridized carbons (Fsp3) is 0.409. The van der Waals surface area contributed by atoms with Gasteiger partial charge in [0.05, 0.1) is 5.56 Å². The van der Waals surface area contributed by atoms with Crippen molar-refractivity contribution in [2.24, 2.45) is 11.5 Å². The number of hydrogen-bond acceptors (Lipinski definition) is 9. The number of likely N-dealkylation sites (N-methyl/N-ethyl adjacent to an activating group) is 1. The molecule has 11 nitrogen and oxygen atoms in total. The first-order valence-electron chi connectivity index (χ1n) is 10.6. The molecule has 178 valence electrons. The van der Waals surface area contributed by atoms with Crippen molar-refractivity contribution in [3.63, 3.8) is 0 Å². The number of nitrogens with two attached hydrogens (primary N) is 2. The second-order valence-electron chi connectivity index (χ2n) is 8.22. The van der Waals surface area contributed by atoms with Crippen LogP contribution in [0.15, 0.2) is 22.7 Å². The first kappa shape index (κ1) is 24.1. The number of benzene rings is 1. The normalized spacial score (nSPS) is 17.8. The summed E-state index contributed by atoms with van der Waals surface area (Å²) in [5, 5.41) is 27.2. The Kier molecular flexibility index (Phi) is 6.94. The molecular weight excluding hydrogens is 430 g/mol. The van der Waals surface area contributed by atoms with Gasteiger partial charge in [0.2, 0.25) is 5.91 Å². The first-order chi connectivity index (χ1) is 15.6. The molecule has 8 N–H and O–H groups in total. The average molecular weight is 460 g/mol. The molecule has 2 aromatic rings. The molecule has 1 aromatic carbocycles. The number of phenolic OH excluding ortho intramolecular Hbond substituents is 2. The summed E-state index contributed by atoms with van der Waals surface area (Å²) in [4.78, 5) is 29.6. The largest absolute Gasteiger partial charge is 0.508 e. The Hall–Kier alpha value is -3.57. The molecule has 0 aliphatic carbocycles. The highest BCUT2D eigenvalue weighted by Gasteiger charge is 2.42. The van der Waals surface area contributed by atoms with Gasteiger partial charge in [0, 0.05) is 19.0 Å². The summed E-state index contributed by atoms with van der Waals surface area (Å²) in [5.41, 5.74) is 13.7. The lowest BCUT2D eigenvalue weighted by molar-refractivity contribution is -0.124. The zero-order valence-electron chi connectivity index (χ0n) is 18.8. The molecule has 1 aliphatic heterocycles. The van der Waals surface area contributed by atoms with E-state index in [-0.39, 0.29) is 53.2 Å². The van der Waals surface area contributed by atoms with E-state index in [0.717, 1.165) is 0 Å². The van der Waals surface area contributed by atoms with Gasteiger partial charge in [0.1, 0.15) is 17.3 Å². The fourth-order valence-corrected chi connectivity index (χ4v) is 3.64. The number of primary amides is 2. The van der Waals surface area contributed by atoms with Gasteiger partial charge in [-0.25, -0.2) is 0 Å². The molecular formula is C22H29N5O6. The highest BCUT2D eigenvalue weighted by atomic mass is 16.7. The Morgan fingerprint density at radius 2 is 1.94 bits per heavy atom. The number of nitrogens with one attached hydrogen (secondary N) is 2. The van der Waals surface area contributed by atoms with E-state index in [1.54, 1.807) is 6.07 Å². The van der Waals surface area contributed by atoms with Gasteiger partial charge in [-0.1, -0.05) is 25.9 Å². The van der Waals surface area contributed by atoms with E-state index in [0.29, 0.717) is 24.1 Å². The number of hydroxylamine groups is 1. The van der Waals surface area contributed by atoms with Crippen LogP contribution in [0.3, 0.4) is 0 Å². The predicted octanol–water partition coefficient (Wildman–Crippen LogP) is 0.803. The van der Waals surface area contributed by atoms with Crippen molar-refractivity contribution < 1.29 is 29.2 Å². The Morgan fingerprint density at radius 1 is 1.21 bits per heavy atom. The van der Waals surface area contributed by atoms with E-state index >= 15 is 0 Å². The molecule has 0 saturated heterocycles. The lowest BCUT2D eigenvalue weighted by atomic mass is 9.95. The molecule has 0 bridgehead atoms. The standard InChI is InChI=1S/C22H29N5O6/c1-4-25-10-22(21(24)31)9-17(33-27-22)18-16(32-26-19(18)20(23)30)6-5-12-7-13(11(2)3)15(29)8-14(12)28/h7-9,11,25,27-29H,4-6,10H2,1-3H3,(H2,23,30)(H2,24,31). The van der Waals surface area contributed by atoms with Gasteiger partial charge >= 0.3 is 0 Å². The van der Waals surface area contributed by atoms with Crippen molar-refractivity contribution in [1.29, 1.82) is 0 Å². The molecule has 0 spiro atoms. The Balaban J connectivity index is 1.96. The van der Waals surface area contributed by atoms with Crippen LogP contribution >= 0.6 is 0 Å². The molecule has 11 heteroatoms. The first-order valence-corrected chi connectivity index (χ1v) is 10.6. The number of nitrogens with zero attached hydrogens (tertiary/aromatic N) is 1. The molecule has 33 heavy (non-hydrogen) atoms. The maximum Gasteiger partial charge on any atom is 0.271 e. The van der Waals surface area contributed by atoms with E-state index < -0.39 is 17.4 Å². The maximum absolute atomic E-state index is 12.1. The molecule has 3 rings (SSSR count). The Morgan fingerprint density at radius 3 is 2.55 bits per heavy atom. The molecule has 1 unspecified atom stereocenters. The van der Waals surface area contributed by atoms with Gasteiger partial charge in [-0.15, -0.1) is 5.48 Å². The quantitative estimate of drug-likeness (QED) is 0.299. The lowest BCUT2D eigenvalue weighted by Gasteiger charge is -2.21. The summed E-state index contributed by atoms with van der Waals surface area (Å²) >= 11 is 0. The number of aromatic hydroxyl groups is 2. The highest BCUT2D eigenvalue weighted by Crippen LogP contribution is 2.35. The fourth-order valence-electron chi connectivity index (χ4n) is 3.64. The summed E-state index contributed by atoms with van der Waals surface area (Å²) < 4.78 is 5.38. The predicted molar refractivity (Wildman–Crippen MR) is 119 cm³/mol. The van der Waals surface area contributed by atoms with Crippen molar-refractivity contribution in [3.05, 3.63) is 46.4 Å². The van der Waals surface area contributed by atoms with E-state index in [1.807, 2.05) is 20.8 Å². The molecule has 1 aromatic heterocycles. The number of aromatic nitrogens is 1. The van der Waals surface area contributed by atoms with Gasteiger partial charge in [0.15, 0.2) is 17.0 Å². The number of phenols is 2. The second-order valence-corrected chi connectivity index (χ2v) is 8.22. The highest BCUT2D eigenvalue weighted by molar-refractivity contribution is 5.97. The molecule has 0 fully saturated rings. The van der Waals surface area contributed by atoms with Crippen molar-refractivity contribution in [3.8, 4) is 11.5 Å². The summed E-state index contributed by atoms with van der Waals surface area (Å²) in [7, 11) is 0. The SMILES string of the molecule is CCNCC1(C(N)=O)C=C(c2c(C(N)=O)noc2CCc2cc(C(C)C)c(O)cc2O)ON1. The van der Waals surface area contributed by atoms with Crippen molar-refractivity contribution in [1.82, 2.24) is 16.0 Å². The van der Waals surface area contributed by atoms with E-state index in [2.05, 4.69) is 16.0 Å². The molecule has 1 atom stereocenters. The summed E-state index contributed by atoms with van der Waals surface area (Å²) in [5.74, 6) is -1.09. The topological polar surface area (TPSA) is 186 Å². The minimum Gasteiger partial charge on any atom is -0.508 e. The number of rotatable bonds is 10. The third-order valence-electron chi connectivity index (χ3n) is 5.53. The van der Waals surface area contributed by atoms with Crippen LogP contribution in [0.2, 0.25) is 0 Å². The summed E-state index contributed by atoms with van der Waals surface area (Å²) in [6.45, 7) is 6.49. The third-order valence-corrected chi connectivity index (χ3v) is 5.53. The van der Waals surface area contributed by atoms with Crippen LogP contribution in [0.25, 0.3) is 5.76 Å². The number of hydrogen-bond donors (Lipinski definition) is 6. The van der Waals surface area contributed by atoms with Gasteiger partial charge in [-0.3, -0.25) is 9.59 Å². The maximum atomic E-state index is 12.1. The van der Waals surface area contributed by atoms with Crippen LogP contribution in [0, 0.1) is 0 Å². The molecule has 2 heterocycles. The second kappa shape index (κ2) is 9.51. The molecule has 0 saturated carbocycles. The van der Waals surface area contributed by atoms with Crippen molar-refractivity contribution >= 4 is 17.6 Å². The van der Waals surface area contributed by atoms with Crippen LogP contribution in [0.1, 0.15) is 59.6 Å². The molecule has 2 amide bonds. The number of amides is 2. The van der Waals surface area contributed by atoms with E-state index in [1.165, 1.54) is 12.1 Å². The zero-order valence-corrected chi connectivity index (χ0v) is 18.8. The number of carbonyl (C=O) groups excluding carboxylic acids is 2. The third kappa shape index (κ3) is 4.78. The van der Waals surface area contributed by atoms with Crippen molar-refractivity contribution in [2.75, 3.05) is 13.1 Å². The average Bonchev–Trinajstić information content (AvgIpc) is 3.36. The van der Waals surface area contributed by atoms with E-state index in [4.69, 9.17) is 20.8 Å². The van der Waals surface area contributed by atoms with E-state index in [9.17, 15) is 19.8 Å². The Labute approximate surface area is 190 Å². The minimum absolute atomic E-state index is 0.0154. The number of aryl methyl sites for hydroxylation is 2. The van der Waals surface area contributed by atoms with Crippen LogP contribution in [0.5, 0.6) is 11.5 Å². The van der Waals surface area contributed by atoms with Gasteiger partial charge in [-0.05, 0) is 42.2 Å². The van der Waals surface area contributed by atoms with Crippen LogP contribution < -0.4 is 22.3 Å². The van der Waals surface area contributed by atoms with Gasteiger partial charge in [-0.2, -0.15) is 0 Å². The molecule has 1 aliphatic rings. The number of carbonyl (C=O) groups is 2. The van der Waals surface area contributed by atoms with Crippen LogP contribution in [-0.4, -0.2) is 45.8 Å². The molecule has 0 radical (unpaired) electrons. The summed E-state index contributed by atoms with van der Waals surface area (Å²) in [6.07, 6.45) is 2.00. The monoisotopic (exact) mass is 459 g/mol. The lowest BCUT2D eigenvalue weighted by Crippen LogP contribution is -2.57. The Bertz CT molecular complexity index is 1090. The minimum atomic E-state index is -1.34. The van der Waals surface area contributed by atoms with Gasteiger partial charge < -0.3 is 36.4 Å². The van der Waals surface area contributed by atoms with Crippen LogP contribution in [0.4, 0.5) is 0 Å². The summed E-state index contributed by atoms with van der Waals surface area (Å²) in [6, 6.07) is 3.02.